The number of carbonyl (C=O) groups is 2. The number of unbranched alkanes of at least 4 members (excludes halogenated alkanes) is 2. The van der Waals surface area contributed by atoms with E-state index < -0.39 is 6.29 Å². The highest BCUT2D eigenvalue weighted by molar-refractivity contribution is 5.94. The van der Waals surface area contributed by atoms with Crippen LogP contribution >= 0.6 is 0 Å². The van der Waals surface area contributed by atoms with Gasteiger partial charge in [0, 0.05) is 33.4 Å². The summed E-state index contributed by atoms with van der Waals surface area (Å²) in [6, 6.07) is 5.64. The number of nitrogens with one attached hydrogen (secondary N) is 2. The van der Waals surface area contributed by atoms with Crippen molar-refractivity contribution in [1.82, 2.24) is 20.0 Å². The number of imidazole rings is 1. The molecule has 0 aromatic carbocycles. The van der Waals surface area contributed by atoms with Gasteiger partial charge in [0.15, 0.2) is 6.29 Å². The molecule has 0 aliphatic carbocycles. The zero-order chi connectivity index (χ0) is 19.6. The Morgan fingerprint density at radius 3 is 2.67 bits per heavy atom. The third-order valence-corrected chi connectivity index (χ3v) is 4.28. The van der Waals surface area contributed by atoms with Crippen molar-refractivity contribution in [3.63, 3.8) is 0 Å². The Morgan fingerprint density at radius 2 is 1.93 bits per heavy atom. The van der Waals surface area contributed by atoms with Crippen LogP contribution in [0.3, 0.4) is 0 Å². The number of nitrogens with zero attached hydrogens (tertiary/aromatic N) is 2. The molecule has 2 amide bonds. The molecular formula is C19H28N4O4. The third-order valence-electron chi connectivity index (χ3n) is 4.28. The van der Waals surface area contributed by atoms with Crippen LogP contribution in [0.1, 0.15) is 41.9 Å². The van der Waals surface area contributed by atoms with Crippen molar-refractivity contribution >= 4 is 17.5 Å². The normalized spacial score (nSPS) is 11.1. The quantitative estimate of drug-likeness (QED) is 0.460. The summed E-state index contributed by atoms with van der Waals surface area (Å²) >= 11 is 0. The minimum Gasteiger partial charge on any atom is -0.354 e. The fourth-order valence-corrected chi connectivity index (χ4v) is 2.81. The molecule has 0 fully saturated rings. The van der Waals surface area contributed by atoms with Gasteiger partial charge in [-0.05, 0) is 31.9 Å². The largest absolute Gasteiger partial charge is 0.354 e. The van der Waals surface area contributed by atoms with Gasteiger partial charge in [0.1, 0.15) is 11.3 Å². The summed E-state index contributed by atoms with van der Waals surface area (Å²) in [4.78, 5) is 28.6. The summed E-state index contributed by atoms with van der Waals surface area (Å²) in [6.07, 6.45) is 4.29. The van der Waals surface area contributed by atoms with E-state index in [0.717, 1.165) is 24.9 Å². The van der Waals surface area contributed by atoms with Crippen molar-refractivity contribution in [3.05, 3.63) is 35.8 Å². The van der Waals surface area contributed by atoms with Crippen LogP contribution in [-0.4, -0.2) is 54.8 Å². The van der Waals surface area contributed by atoms with Crippen LogP contribution in [0.25, 0.3) is 5.65 Å². The summed E-state index contributed by atoms with van der Waals surface area (Å²) in [5.74, 6) is -0.159. The van der Waals surface area contributed by atoms with E-state index in [1.807, 2.05) is 31.3 Å². The number of hydrogen-bond donors (Lipinski definition) is 2. The number of amides is 2. The number of fused-ring (bicyclic) bond motifs is 1. The lowest BCUT2D eigenvalue weighted by Crippen LogP contribution is -2.34. The van der Waals surface area contributed by atoms with E-state index >= 15 is 0 Å². The van der Waals surface area contributed by atoms with Crippen molar-refractivity contribution < 1.29 is 19.1 Å². The Labute approximate surface area is 159 Å². The average molecular weight is 376 g/mol. The predicted molar refractivity (Wildman–Crippen MR) is 102 cm³/mol. The molecule has 0 bridgehead atoms. The lowest BCUT2D eigenvalue weighted by atomic mass is 10.2. The number of methoxy groups -OCH3 is 2. The molecule has 0 unspecified atom stereocenters. The molecule has 0 saturated carbocycles. The molecule has 27 heavy (non-hydrogen) atoms. The van der Waals surface area contributed by atoms with Crippen LogP contribution in [0, 0.1) is 6.92 Å². The van der Waals surface area contributed by atoms with Gasteiger partial charge in [-0.2, -0.15) is 0 Å². The summed E-state index contributed by atoms with van der Waals surface area (Å²) in [5.41, 5.74) is 2.03. The van der Waals surface area contributed by atoms with Crippen molar-refractivity contribution in [3.8, 4) is 0 Å². The minimum absolute atomic E-state index is 0.0282. The summed E-state index contributed by atoms with van der Waals surface area (Å²) in [5, 5.41) is 5.70. The first-order valence-electron chi connectivity index (χ1n) is 9.11. The molecule has 0 aliphatic rings. The molecule has 0 atom stereocenters. The second-order valence-electron chi connectivity index (χ2n) is 6.25. The van der Waals surface area contributed by atoms with Gasteiger partial charge in [-0.3, -0.25) is 14.0 Å². The van der Waals surface area contributed by atoms with Gasteiger partial charge in [-0.1, -0.05) is 12.5 Å². The second-order valence-corrected chi connectivity index (χ2v) is 6.25. The maximum Gasteiger partial charge on any atom is 0.270 e. The highest BCUT2D eigenvalue weighted by atomic mass is 16.7. The Kier molecular flexibility index (Phi) is 8.22. The topological polar surface area (TPSA) is 94.0 Å². The maximum absolute atomic E-state index is 12.4. The summed E-state index contributed by atoms with van der Waals surface area (Å²) in [6.45, 7) is 2.73. The van der Waals surface area contributed by atoms with Gasteiger partial charge < -0.3 is 20.1 Å². The number of carbonyl (C=O) groups excluding carboxylic acids is 2. The lowest BCUT2D eigenvalue weighted by Gasteiger charge is -2.13. The van der Waals surface area contributed by atoms with E-state index in [1.54, 1.807) is 4.40 Å². The first-order valence-corrected chi connectivity index (χ1v) is 9.11. The number of aromatic nitrogens is 2. The van der Waals surface area contributed by atoms with Crippen LogP contribution in [0.2, 0.25) is 0 Å². The smallest absolute Gasteiger partial charge is 0.270 e. The predicted octanol–water partition coefficient (Wildman–Crippen LogP) is 1.67. The molecule has 2 aromatic heterocycles. The van der Waals surface area contributed by atoms with Crippen molar-refractivity contribution in [2.24, 2.45) is 0 Å². The third kappa shape index (κ3) is 6.04. The Hall–Kier alpha value is -2.45. The molecule has 0 radical (unpaired) electrons. The molecule has 0 saturated heterocycles. The number of hydrogen-bond acceptors (Lipinski definition) is 5. The molecule has 8 heteroatoms. The molecule has 2 rings (SSSR count). The monoisotopic (exact) mass is 376 g/mol. The van der Waals surface area contributed by atoms with Crippen molar-refractivity contribution in [1.29, 1.82) is 0 Å². The first kappa shape index (κ1) is 20.9. The molecule has 2 N–H and O–H groups in total. The molecule has 2 heterocycles. The van der Waals surface area contributed by atoms with E-state index in [9.17, 15) is 9.59 Å². The number of aryl methyl sites for hydroxylation is 1. The SMILES string of the molecule is COC(CNC(=O)CCCCCNC(=O)c1c(C)nc2ccccn12)OC. The highest BCUT2D eigenvalue weighted by Crippen LogP contribution is 2.11. The van der Waals surface area contributed by atoms with Gasteiger partial charge in [-0.15, -0.1) is 0 Å². The molecular weight excluding hydrogens is 348 g/mol. The first-order chi connectivity index (χ1) is 13.1. The molecule has 148 valence electrons. The Morgan fingerprint density at radius 1 is 1.15 bits per heavy atom. The van der Waals surface area contributed by atoms with Gasteiger partial charge in [0.25, 0.3) is 5.91 Å². The minimum atomic E-state index is -0.424. The van der Waals surface area contributed by atoms with Gasteiger partial charge in [-0.25, -0.2) is 4.98 Å². The number of ether oxygens (including phenoxy) is 2. The van der Waals surface area contributed by atoms with Gasteiger partial charge >= 0.3 is 0 Å². The number of pyridine rings is 1. The van der Waals surface area contributed by atoms with E-state index in [1.165, 1.54) is 14.2 Å². The van der Waals surface area contributed by atoms with Crippen LogP contribution in [0.15, 0.2) is 24.4 Å². The van der Waals surface area contributed by atoms with Crippen molar-refractivity contribution in [2.45, 2.75) is 38.9 Å². The fourth-order valence-electron chi connectivity index (χ4n) is 2.81. The molecule has 0 spiro atoms. The van der Waals surface area contributed by atoms with Crippen LogP contribution < -0.4 is 10.6 Å². The lowest BCUT2D eigenvalue weighted by molar-refractivity contribution is -0.127. The average Bonchev–Trinajstić information content (AvgIpc) is 3.01. The molecule has 2 aromatic rings. The fraction of sp³-hybridized carbons (Fsp3) is 0.526. The Bertz CT molecular complexity index is 755. The summed E-state index contributed by atoms with van der Waals surface area (Å²) in [7, 11) is 3.06. The summed E-state index contributed by atoms with van der Waals surface area (Å²) < 4.78 is 11.8. The zero-order valence-electron chi connectivity index (χ0n) is 16.2. The van der Waals surface area contributed by atoms with Gasteiger partial charge in [0.05, 0.1) is 12.2 Å². The van der Waals surface area contributed by atoms with Crippen molar-refractivity contribution in [2.75, 3.05) is 27.3 Å². The molecule has 0 aliphatic heterocycles. The van der Waals surface area contributed by atoms with Crippen LogP contribution in [0.5, 0.6) is 0 Å². The maximum atomic E-state index is 12.4. The highest BCUT2D eigenvalue weighted by Gasteiger charge is 2.15. The standard InChI is InChI=1S/C19H28N4O4/c1-14-18(23-12-8-6-9-15(23)22-14)19(25)20-11-7-4-5-10-16(24)21-13-17(26-2)27-3/h6,8-9,12,17H,4-5,7,10-11,13H2,1-3H3,(H,20,25)(H,21,24). The zero-order valence-corrected chi connectivity index (χ0v) is 16.2. The van der Waals surface area contributed by atoms with E-state index in [0.29, 0.717) is 30.9 Å². The van der Waals surface area contributed by atoms with Gasteiger partial charge in [0.2, 0.25) is 5.91 Å². The van der Waals surface area contributed by atoms with Crippen LogP contribution in [0.4, 0.5) is 0 Å². The molecule has 8 nitrogen and oxygen atoms in total. The van der Waals surface area contributed by atoms with Crippen LogP contribution in [-0.2, 0) is 14.3 Å². The number of rotatable bonds is 11. The Balaban J connectivity index is 1.65. The van der Waals surface area contributed by atoms with E-state index in [-0.39, 0.29) is 11.8 Å². The van der Waals surface area contributed by atoms with E-state index in [4.69, 9.17) is 9.47 Å². The van der Waals surface area contributed by atoms with E-state index in [2.05, 4.69) is 15.6 Å². The second kappa shape index (κ2) is 10.6.